The highest BCUT2D eigenvalue weighted by Crippen LogP contribution is 2.24. The van der Waals surface area contributed by atoms with Gasteiger partial charge >= 0.3 is 11.9 Å². The predicted octanol–water partition coefficient (Wildman–Crippen LogP) is 2.62. The third-order valence-electron chi connectivity index (χ3n) is 3.90. The van der Waals surface area contributed by atoms with Gasteiger partial charge in [-0.2, -0.15) is 0 Å². The van der Waals surface area contributed by atoms with Gasteiger partial charge in [0.15, 0.2) is 24.1 Å². The number of ether oxygens (including phenoxy) is 4. The first-order chi connectivity index (χ1) is 14.4. The number of rotatable bonds is 9. The zero-order valence-corrected chi connectivity index (χ0v) is 15.9. The molecule has 0 amide bonds. The minimum atomic E-state index is -1.05. The highest BCUT2D eigenvalue weighted by Gasteiger charge is 2.20. The molecule has 0 aliphatic heterocycles. The molecule has 0 heterocycles. The summed E-state index contributed by atoms with van der Waals surface area (Å²) in [5, 5.41) is 0. The lowest BCUT2D eigenvalue weighted by molar-refractivity contribution is 0.0589. The molecule has 158 valence electrons. The van der Waals surface area contributed by atoms with Gasteiger partial charge in [0.25, 0.3) is 0 Å². The minimum Gasteiger partial charge on any atom is -0.490 e. The maximum Gasteiger partial charge on any atom is 0.338 e. The molecule has 0 unspecified atom stereocenters. The molecule has 0 spiro atoms. The summed E-state index contributed by atoms with van der Waals surface area (Å²) >= 11 is 0. The first kappa shape index (κ1) is 22.5. The standard InChI is InChI=1S/C20H16F2O8/c1-27-19(25)12-3-4-17(18(22)15(12)10-24)30-6-5-29-11-7-13(20(26)28-2)14(9-23)16(21)8-11/h3-4,7-10H,5-6H2,1-2H3. The molecule has 0 N–H and O–H groups in total. The Morgan fingerprint density at radius 2 is 1.47 bits per heavy atom. The first-order valence-electron chi connectivity index (χ1n) is 8.36. The largest absolute Gasteiger partial charge is 0.490 e. The molecule has 0 aromatic heterocycles. The van der Waals surface area contributed by atoms with Crippen LogP contribution in [0.2, 0.25) is 0 Å². The molecule has 0 fully saturated rings. The van der Waals surface area contributed by atoms with Crippen LogP contribution in [0.1, 0.15) is 41.4 Å². The Labute approximate surface area is 169 Å². The van der Waals surface area contributed by atoms with Crippen LogP contribution in [0.4, 0.5) is 8.78 Å². The van der Waals surface area contributed by atoms with E-state index in [2.05, 4.69) is 9.47 Å². The van der Waals surface area contributed by atoms with E-state index in [4.69, 9.17) is 9.47 Å². The van der Waals surface area contributed by atoms with Gasteiger partial charge in [-0.3, -0.25) is 9.59 Å². The maximum absolute atomic E-state index is 14.4. The Balaban J connectivity index is 2.09. The van der Waals surface area contributed by atoms with Crippen molar-refractivity contribution in [2.24, 2.45) is 0 Å². The Morgan fingerprint density at radius 3 is 2.07 bits per heavy atom. The van der Waals surface area contributed by atoms with E-state index in [9.17, 15) is 28.0 Å². The Kier molecular flexibility index (Phi) is 7.56. The Bertz CT molecular complexity index is 987. The number of hydrogen-bond donors (Lipinski definition) is 0. The minimum absolute atomic E-state index is 0.0859. The van der Waals surface area contributed by atoms with Crippen molar-refractivity contribution in [2.45, 2.75) is 0 Å². The Hall–Kier alpha value is -3.82. The van der Waals surface area contributed by atoms with Crippen LogP contribution in [0.15, 0.2) is 24.3 Å². The van der Waals surface area contributed by atoms with Crippen LogP contribution < -0.4 is 9.47 Å². The molecule has 10 heteroatoms. The van der Waals surface area contributed by atoms with Gasteiger partial charge in [-0.25, -0.2) is 18.4 Å². The SMILES string of the molecule is COC(=O)c1cc(OCCOc2ccc(C(=O)OC)c(C=O)c2F)cc(F)c1C=O. The summed E-state index contributed by atoms with van der Waals surface area (Å²) in [5.74, 6) is -4.24. The van der Waals surface area contributed by atoms with Crippen molar-refractivity contribution >= 4 is 24.5 Å². The third kappa shape index (κ3) is 4.77. The molecule has 0 saturated heterocycles. The number of methoxy groups -OCH3 is 2. The number of carbonyl (C=O) groups is 4. The molecular formula is C20H16F2O8. The molecule has 0 radical (unpaired) electrons. The van der Waals surface area contributed by atoms with E-state index in [1.54, 1.807) is 0 Å². The smallest absolute Gasteiger partial charge is 0.338 e. The van der Waals surface area contributed by atoms with Crippen molar-refractivity contribution < 1.29 is 46.9 Å². The highest BCUT2D eigenvalue weighted by atomic mass is 19.1. The van der Waals surface area contributed by atoms with Crippen LogP contribution in [-0.2, 0) is 9.47 Å². The van der Waals surface area contributed by atoms with Crippen LogP contribution >= 0.6 is 0 Å². The molecule has 0 saturated carbocycles. The molecule has 0 aliphatic carbocycles. The highest BCUT2D eigenvalue weighted by molar-refractivity contribution is 5.99. The lowest BCUT2D eigenvalue weighted by Gasteiger charge is -2.12. The summed E-state index contributed by atoms with van der Waals surface area (Å²) in [6.07, 6.45) is 0.344. The quantitative estimate of drug-likeness (QED) is 0.345. The summed E-state index contributed by atoms with van der Waals surface area (Å²) < 4.78 is 47.8. The van der Waals surface area contributed by atoms with Gasteiger partial charge < -0.3 is 18.9 Å². The van der Waals surface area contributed by atoms with Gasteiger partial charge in [0, 0.05) is 6.07 Å². The summed E-state index contributed by atoms with van der Waals surface area (Å²) in [4.78, 5) is 45.3. The Morgan fingerprint density at radius 1 is 0.867 bits per heavy atom. The van der Waals surface area contributed by atoms with Crippen molar-refractivity contribution in [2.75, 3.05) is 27.4 Å². The first-order valence-corrected chi connectivity index (χ1v) is 8.36. The van der Waals surface area contributed by atoms with Gasteiger partial charge in [0.2, 0.25) is 0 Å². The van der Waals surface area contributed by atoms with E-state index in [-0.39, 0.29) is 48.4 Å². The zero-order valence-electron chi connectivity index (χ0n) is 15.9. The fourth-order valence-corrected chi connectivity index (χ4v) is 2.47. The van der Waals surface area contributed by atoms with Crippen LogP contribution in [0.5, 0.6) is 11.5 Å². The number of halogens is 2. The summed E-state index contributed by atoms with van der Waals surface area (Å²) in [5.41, 5.74) is -1.56. The normalized spacial score (nSPS) is 10.1. The number of benzene rings is 2. The number of carbonyl (C=O) groups excluding carboxylic acids is 4. The summed E-state index contributed by atoms with van der Waals surface area (Å²) in [6.45, 7) is -0.424. The third-order valence-corrected chi connectivity index (χ3v) is 3.90. The molecular weight excluding hydrogens is 406 g/mol. The number of esters is 2. The average molecular weight is 422 g/mol. The number of hydrogen-bond acceptors (Lipinski definition) is 8. The van der Waals surface area contributed by atoms with Crippen molar-refractivity contribution in [3.63, 3.8) is 0 Å². The van der Waals surface area contributed by atoms with Crippen molar-refractivity contribution in [1.82, 2.24) is 0 Å². The second-order valence-electron chi connectivity index (χ2n) is 5.62. The van der Waals surface area contributed by atoms with Crippen LogP contribution in [0, 0.1) is 11.6 Å². The van der Waals surface area contributed by atoms with Crippen LogP contribution in [-0.4, -0.2) is 51.9 Å². The summed E-state index contributed by atoms with van der Waals surface area (Å²) in [7, 11) is 2.16. The molecule has 0 aliphatic rings. The van der Waals surface area contributed by atoms with E-state index in [0.717, 1.165) is 32.4 Å². The zero-order chi connectivity index (χ0) is 22.3. The van der Waals surface area contributed by atoms with Gasteiger partial charge in [-0.15, -0.1) is 0 Å². The van der Waals surface area contributed by atoms with Crippen molar-refractivity contribution in [1.29, 1.82) is 0 Å². The van der Waals surface area contributed by atoms with Crippen LogP contribution in [0.25, 0.3) is 0 Å². The fraction of sp³-hybridized carbons (Fsp3) is 0.200. The van der Waals surface area contributed by atoms with E-state index >= 15 is 0 Å². The molecule has 2 rings (SSSR count). The van der Waals surface area contributed by atoms with Gasteiger partial charge in [0.1, 0.15) is 24.8 Å². The lowest BCUT2D eigenvalue weighted by Crippen LogP contribution is -2.13. The molecule has 2 aromatic rings. The molecule has 0 atom stereocenters. The maximum atomic E-state index is 14.4. The van der Waals surface area contributed by atoms with Crippen molar-refractivity contribution in [3.8, 4) is 11.5 Å². The second-order valence-corrected chi connectivity index (χ2v) is 5.62. The van der Waals surface area contributed by atoms with E-state index in [0.29, 0.717) is 0 Å². The van der Waals surface area contributed by atoms with Gasteiger partial charge in [-0.05, 0) is 18.2 Å². The molecule has 8 nitrogen and oxygen atoms in total. The van der Waals surface area contributed by atoms with E-state index < -0.39 is 34.7 Å². The predicted molar refractivity (Wildman–Crippen MR) is 97.2 cm³/mol. The average Bonchev–Trinajstić information content (AvgIpc) is 2.75. The second kappa shape index (κ2) is 10.1. The van der Waals surface area contributed by atoms with Crippen LogP contribution in [0.3, 0.4) is 0 Å². The summed E-state index contributed by atoms with van der Waals surface area (Å²) in [6, 6.07) is 4.33. The van der Waals surface area contributed by atoms with E-state index in [1.165, 1.54) is 6.07 Å². The van der Waals surface area contributed by atoms with E-state index in [1.807, 2.05) is 0 Å². The van der Waals surface area contributed by atoms with Gasteiger partial charge in [-0.1, -0.05) is 0 Å². The lowest BCUT2D eigenvalue weighted by atomic mass is 10.1. The molecule has 0 bridgehead atoms. The molecule has 2 aromatic carbocycles. The molecule has 30 heavy (non-hydrogen) atoms. The van der Waals surface area contributed by atoms with Gasteiger partial charge in [0.05, 0.1) is 36.5 Å². The topological polar surface area (TPSA) is 105 Å². The fourth-order valence-electron chi connectivity index (χ4n) is 2.47. The number of aldehydes is 2. The monoisotopic (exact) mass is 422 g/mol. The van der Waals surface area contributed by atoms with Crippen molar-refractivity contribution in [3.05, 3.63) is 58.2 Å².